The Balaban J connectivity index is 2.02. The zero-order valence-corrected chi connectivity index (χ0v) is 18.6. The van der Waals surface area contributed by atoms with Gasteiger partial charge in [0.05, 0.1) is 31.9 Å². The van der Waals surface area contributed by atoms with Gasteiger partial charge in [0.1, 0.15) is 0 Å². The molecule has 3 amide bonds. The minimum absolute atomic E-state index is 0.0374. The Hall–Kier alpha value is -4.08. The Morgan fingerprint density at radius 2 is 1.79 bits per heavy atom. The molecule has 33 heavy (non-hydrogen) atoms. The first-order chi connectivity index (χ1) is 15.9. The molecule has 0 unspecified atom stereocenters. The van der Waals surface area contributed by atoms with Crippen LogP contribution in [0.15, 0.2) is 53.6 Å². The molecule has 0 aromatic heterocycles. The second-order valence-electron chi connectivity index (χ2n) is 6.72. The number of nitrogens with one attached hydrogen (secondary N) is 2. The van der Waals surface area contributed by atoms with Crippen LogP contribution in [-0.2, 0) is 14.3 Å². The molecule has 10 heteroatoms. The first kappa shape index (κ1) is 25.2. The number of carbonyl (C=O) groups is 3. The van der Waals surface area contributed by atoms with Gasteiger partial charge in [-0.25, -0.2) is 10.2 Å². The largest absolute Gasteiger partial charge is 0.490 e. The van der Waals surface area contributed by atoms with Crippen LogP contribution in [0.3, 0.4) is 0 Å². The van der Waals surface area contributed by atoms with Gasteiger partial charge >= 0.3 is 6.09 Å². The van der Waals surface area contributed by atoms with Crippen molar-refractivity contribution < 1.29 is 28.6 Å². The number of hydrogen-bond acceptors (Lipinski definition) is 7. The van der Waals surface area contributed by atoms with Crippen LogP contribution < -0.4 is 25.9 Å². The van der Waals surface area contributed by atoms with Crippen LogP contribution in [0, 0.1) is 0 Å². The van der Waals surface area contributed by atoms with E-state index < -0.39 is 23.9 Å². The second-order valence-corrected chi connectivity index (χ2v) is 6.72. The standard InChI is InChI=1S/C23H28N4O6/c1-3-31-20-12-16(10-11-19(20)33-15-21(24)28)14-25-27-22(29)13-18(26-23(30)32-4-2)17-8-6-5-7-9-17/h5-12,14,18H,3-4,13,15H2,1-2H3,(H2,24,28)(H,26,30)(H,27,29)/b25-14-/t18-/m0/s1. The Morgan fingerprint density at radius 3 is 2.45 bits per heavy atom. The van der Waals surface area contributed by atoms with Crippen LogP contribution in [0.1, 0.15) is 37.4 Å². The molecular formula is C23H28N4O6. The van der Waals surface area contributed by atoms with Crippen molar-refractivity contribution in [2.75, 3.05) is 19.8 Å². The van der Waals surface area contributed by atoms with Gasteiger partial charge in [0.25, 0.3) is 5.91 Å². The normalized spacial score (nSPS) is 11.5. The monoisotopic (exact) mass is 456 g/mol. The Morgan fingerprint density at radius 1 is 1.03 bits per heavy atom. The fourth-order valence-electron chi connectivity index (χ4n) is 2.80. The number of carbonyl (C=O) groups excluding carboxylic acids is 3. The fraction of sp³-hybridized carbons (Fsp3) is 0.304. The molecule has 0 aliphatic carbocycles. The highest BCUT2D eigenvalue weighted by molar-refractivity contribution is 5.84. The van der Waals surface area contributed by atoms with Gasteiger partial charge in [-0.05, 0) is 43.2 Å². The van der Waals surface area contributed by atoms with Gasteiger partial charge in [-0.2, -0.15) is 5.10 Å². The van der Waals surface area contributed by atoms with E-state index in [2.05, 4.69) is 15.8 Å². The molecule has 176 valence electrons. The topological polar surface area (TPSA) is 141 Å². The summed E-state index contributed by atoms with van der Waals surface area (Å²) in [5, 5.41) is 6.65. The molecule has 0 bridgehead atoms. The summed E-state index contributed by atoms with van der Waals surface area (Å²) in [5.41, 5.74) is 8.95. The van der Waals surface area contributed by atoms with Crippen molar-refractivity contribution in [2.24, 2.45) is 10.8 Å². The van der Waals surface area contributed by atoms with Gasteiger partial charge in [-0.3, -0.25) is 9.59 Å². The molecule has 2 rings (SSSR count). The lowest BCUT2D eigenvalue weighted by atomic mass is 10.0. The van der Waals surface area contributed by atoms with Gasteiger partial charge in [0.2, 0.25) is 5.91 Å². The maximum Gasteiger partial charge on any atom is 0.407 e. The molecule has 10 nitrogen and oxygen atoms in total. The number of amides is 3. The van der Waals surface area contributed by atoms with E-state index in [1.54, 1.807) is 25.1 Å². The Labute approximate surface area is 192 Å². The molecule has 2 aromatic carbocycles. The Bertz CT molecular complexity index is 965. The fourth-order valence-corrected chi connectivity index (χ4v) is 2.80. The van der Waals surface area contributed by atoms with E-state index in [-0.39, 0.29) is 19.6 Å². The van der Waals surface area contributed by atoms with Crippen molar-refractivity contribution in [3.8, 4) is 11.5 Å². The first-order valence-electron chi connectivity index (χ1n) is 10.4. The highest BCUT2D eigenvalue weighted by Crippen LogP contribution is 2.28. The number of ether oxygens (including phenoxy) is 3. The predicted molar refractivity (Wildman–Crippen MR) is 122 cm³/mol. The average molecular weight is 456 g/mol. The second kappa shape index (κ2) is 13.4. The van der Waals surface area contributed by atoms with Crippen molar-refractivity contribution in [2.45, 2.75) is 26.3 Å². The minimum Gasteiger partial charge on any atom is -0.490 e. The summed E-state index contributed by atoms with van der Waals surface area (Å²) in [5.74, 6) is -0.218. The molecule has 0 aliphatic heterocycles. The smallest absolute Gasteiger partial charge is 0.407 e. The van der Waals surface area contributed by atoms with Gasteiger partial charge in [0, 0.05) is 0 Å². The van der Waals surface area contributed by atoms with Crippen LogP contribution in [0.2, 0.25) is 0 Å². The predicted octanol–water partition coefficient (Wildman–Crippen LogP) is 2.28. The molecule has 0 saturated carbocycles. The van der Waals surface area contributed by atoms with E-state index in [1.165, 1.54) is 6.21 Å². The molecule has 0 fully saturated rings. The number of alkyl carbamates (subject to hydrolysis) is 1. The van der Waals surface area contributed by atoms with Gasteiger partial charge in [-0.1, -0.05) is 30.3 Å². The number of hydrogen-bond donors (Lipinski definition) is 3. The number of primary amides is 1. The van der Waals surface area contributed by atoms with Crippen LogP contribution >= 0.6 is 0 Å². The van der Waals surface area contributed by atoms with E-state index in [4.69, 9.17) is 19.9 Å². The number of nitrogens with zero attached hydrogens (tertiary/aromatic N) is 1. The number of rotatable bonds is 12. The van der Waals surface area contributed by atoms with Crippen LogP contribution in [0.25, 0.3) is 0 Å². The number of nitrogens with two attached hydrogens (primary N) is 1. The lowest BCUT2D eigenvalue weighted by molar-refractivity contribution is -0.121. The first-order valence-corrected chi connectivity index (χ1v) is 10.4. The molecule has 1 atom stereocenters. The molecular weight excluding hydrogens is 428 g/mol. The average Bonchev–Trinajstić information content (AvgIpc) is 2.79. The summed E-state index contributed by atoms with van der Waals surface area (Å²) >= 11 is 0. The molecule has 4 N–H and O–H groups in total. The summed E-state index contributed by atoms with van der Waals surface area (Å²) in [6, 6.07) is 13.5. The maximum absolute atomic E-state index is 12.4. The maximum atomic E-state index is 12.4. The van der Waals surface area contributed by atoms with E-state index in [0.717, 1.165) is 5.56 Å². The van der Waals surface area contributed by atoms with Crippen molar-refractivity contribution in [3.63, 3.8) is 0 Å². The van der Waals surface area contributed by atoms with Crippen LogP contribution in [0.4, 0.5) is 4.79 Å². The van der Waals surface area contributed by atoms with Crippen molar-refractivity contribution >= 4 is 24.1 Å². The van der Waals surface area contributed by atoms with E-state index in [1.807, 2.05) is 37.3 Å². The van der Waals surface area contributed by atoms with Crippen molar-refractivity contribution in [3.05, 3.63) is 59.7 Å². The highest BCUT2D eigenvalue weighted by Gasteiger charge is 2.18. The highest BCUT2D eigenvalue weighted by atomic mass is 16.5. The Kier molecular flexibility index (Phi) is 10.2. The molecule has 0 saturated heterocycles. The zero-order chi connectivity index (χ0) is 24.1. The van der Waals surface area contributed by atoms with Gasteiger partial charge in [-0.15, -0.1) is 0 Å². The lowest BCUT2D eigenvalue weighted by Crippen LogP contribution is -2.33. The molecule has 0 heterocycles. The van der Waals surface area contributed by atoms with E-state index >= 15 is 0 Å². The molecule has 0 aliphatic rings. The van der Waals surface area contributed by atoms with Gasteiger partial charge in [0.15, 0.2) is 18.1 Å². The lowest BCUT2D eigenvalue weighted by Gasteiger charge is -2.18. The number of hydrazone groups is 1. The van der Waals surface area contributed by atoms with Crippen LogP contribution in [0.5, 0.6) is 11.5 Å². The SMILES string of the molecule is CCOC(=O)N[C@@H](CC(=O)N/N=C\c1ccc(OCC(N)=O)c(OCC)c1)c1ccccc1. The van der Waals surface area contributed by atoms with Crippen molar-refractivity contribution in [1.29, 1.82) is 0 Å². The third-order valence-electron chi connectivity index (χ3n) is 4.20. The van der Waals surface area contributed by atoms with Gasteiger partial charge < -0.3 is 25.3 Å². The molecule has 0 radical (unpaired) electrons. The summed E-state index contributed by atoms with van der Waals surface area (Å²) < 4.78 is 15.8. The summed E-state index contributed by atoms with van der Waals surface area (Å²) in [6.07, 6.45) is 0.795. The third kappa shape index (κ3) is 8.90. The minimum atomic E-state index is -0.607. The quantitative estimate of drug-likeness (QED) is 0.330. The van der Waals surface area contributed by atoms with E-state index in [9.17, 15) is 14.4 Å². The van der Waals surface area contributed by atoms with Crippen LogP contribution in [-0.4, -0.2) is 43.9 Å². The summed E-state index contributed by atoms with van der Waals surface area (Å²) in [6.45, 7) is 3.85. The zero-order valence-electron chi connectivity index (χ0n) is 18.6. The summed E-state index contributed by atoms with van der Waals surface area (Å²) in [4.78, 5) is 35.2. The molecule has 0 spiro atoms. The number of benzene rings is 2. The van der Waals surface area contributed by atoms with Crippen molar-refractivity contribution in [1.82, 2.24) is 10.7 Å². The summed E-state index contributed by atoms with van der Waals surface area (Å²) in [7, 11) is 0. The third-order valence-corrected chi connectivity index (χ3v) is 4.20. The molecule has 2 aromatic rings. The van der Waals surface area contributed by atoms with E-state index in [0.29, 0.717) is 23.7 Å².